The lowest BCUT2D eigenvalue weighted by molar-refractivity contribution is -0.215. The van der Waals surface area contributed by atoms with E-state index in [-0.39, 0.29) is 12.6 Å². The van der Waals surface area contributed by atoms with Crippen molar-refractivity contribution in [1.29, 1.82) is 0 Å². The molecule has 0 heterocycles. The fourth-order valence-electron chi connectivity index (χ4n) is 7.62. The van der Waals surface area contributed by atoms with Gasteiger partial charge in [0, 0.05) is 39.3 Å². The molecule has 2 aromatic carbocycles. The first-order valence-corrected chi connectivity index (χ1v) is 26.9. The van der Waals surface area contributed by atoms with Crippen molar-refractivity contribution in [2.45, 2.75) is 246 Å². The van der Waals surface area contributed by atoms with Crippen LogP contribution >= 0.6 is 0 Å². The predicted molar refractivity (Wildman–Crippen MR) is 273 cm³/mol. The van der Waals surface area contributed by atoms with E-state index in [2.05, 4.69) is 64.1 Å². The van der Waals surface area contributed by atoms with E-state index in [9.17, 15) is 0 Å². The molecule has 2 atom stereocenters. The summed E-state index contributed by atoms with van der Waals surface area (Å²) in [6.45, 7) is 12.9. The van der Waals surface area contributed by atoms with Crippen LogP contribution in [0.5, 0.6) is 0 Å². The van der Waals surface area contributed by atoms with Crippen LogP contribution in [-0.4, -0.2) is 51.6 Å². The Bertz CT molecular complexity index is 1170. The summed E-state index contributed by atoms with van der Waals surface area (Å²) >= 11 is 0. The standard InChI is InChI=1S/C58H98O7/c1-5-9-13-17-21-35-47-59-55(60-48-36-22-18-14-10-6-2)43-31-33-45-57(63-51-53-39-27-25-28-40-53)65-58(64-52-54-41-29-26-30-42-54)46-34-32-44-56(61-49-37-23-19-15-11-7-3)62-50-38-24-20-16-12-8-4/h25-30,33-34,39-42,45-46,55-58H,5-24,31-32,35-38,43-44,47-52H2,1-4H3. The largest absolute Gasteiger partial charge is 0.353 e. The summed E-state index contributed by atoms with van der Waals surface area (Å²) in [4.78, 5) is 0. The monoisotopic (exact) mass is 907 g/mol. The molecule has 7 nitrogen and oxygen atoms in total. The third kappa shape index (κ3) is 36.4. The van der Waals surface area contributed by atoms with Gasteiger partial charge in [-0.05, 0) is 61.8 Å². The minimum Gasteiger partial charge on any atom is -0.353 e. The first kappa shape index (κ1) is 58.8. The van der Waals surface area contributed by atoms with Crippen LogP contribution in [0.4, 0.5) is 0 Å². The van der Waals surface area contributed by atoms with E-state index in [4.69, 9.17) is 33.2 Å². The SMILES string of the molecule is CCCCCCCCOC(CCC=CC(OCc1ccccc1)OC(C=CCCC(OCCCCCCCC)OCCCCCCCC)OCc1ccccc1)OCCCCCCCC. The lowest BCUT2D eigenvalue weighted by atomic mass is 10.1. The van der Waals surface area contributed by atoms with E-state index in [1.807, 2.05) is 48.6 Å². The van der Waals surface area contributed by atoms with Crippen LogP contribution in [-0.2, 0) is 46.4 Å². The van der Waals surface area contributed by atoms with Gasteiger partial charge in [0.1, 0.15) is 0 Å². The molecule has 372 valence electrons. The molecule has 0 radical (unpaired) electrons. The lowest BCUT2D eigenvalue weighted by Crippen LogP contribution is -2.24. The quantitative estimate of drug-likeness (QED) is 0.0372. The molecule has 0 aliphatic carbocycles. The van der Waals surface area contributed by atoms with Crippen molar-refractivity contribution in [1.82, 2.24) is 0 Å². The maximum atomic E-state index is 6.64. The fraction of sp³-hybridized carbons (Fsp3) is 0.724. The molecule has 0 N–H and O–H groups in total. The molecule has 2 aromatic rings. The maximum absolute atomic E-state index is 6.64. The van der Waals surface area contributed by atoms with Gasteiger partial charge in [0.2, 0.25) is 0 Å². The summed E-state index contributed by atoms with van der Waals surface area (Å²) in [7, 11) is 0. The molecule has 0 saturated carbocycles. The molecule has 0 aliphatic heterocycles. The van der Waals surface area contributed by atoms with E-state index in [0.29, 0.717) is 13.2 Å². The number of hydrogen-bond donors (Lipinski definition) is 0. The summed E-state index contributed by atoms with van der Waals surface area (Å²) in [5.41, 5.74) is 2.18. The number of unbranched alkanes of at least 4 members (excludes halogenated alkanes) is 20. The van der Waals surface area contributed by atoms with Crippen molar-refractivity contribution in [3.05, 3.63) is 96.1 Å². The van der Waals surface area contributed by atoms with Gasteiger partial charge in [-0.3, -0.25) is 0 Å². The number of allylic oxidation sites excluding steroid dienone is 2. The van der Waals surface area contributed by atoms with Crippen LogP contribution in [0.1, 0.15) is 219 Å². The zero-order valence-corrected chi connectivity index (χ0v) is 42.3. The van der Waals surface area contributed by atoms with Crippen LogP contribution in [0, 0.1) is 0 Å². The first-order chi connectivity index (χ1) is 32.2. The number of ether oxygens (including phenoxy) is 7. The van der Waals surface area contributed by atoms with Crippen molar-refractivity contribution in [3.63, 3.8) is 0 Å². The highest BCUT2D eigenvalue weighted by Gasteiger charge is 2.16. The summed E-state index contributed by atoms with van der Waals surface area (Å²) in [5, 5.41) is 0. The average molecular weight is 907 g/mol. The Balaban J connectivity index is 2.11. The topological polar surface area (TPSA) is 64.6 Å². The highest BCUT2D eigenvalue weighted by molar-refractivity contribution is 5.14. The molecule has 0 amide bonds. The van der Waals surface area contributed by atoms with Crippen molar-refractivity contribution in [3.8, 4) is 0 Å². The van der Waals surface area contributed by atoms with Gasteiger partial charge in [0.15, 0.2) is 25.2 Å². The van der Waals surface area contributed by atoms with Crippen molar-refractivity contribution in [2.24, 2.45) is 0 Å². The minimum atomic E-state index is -0.624. The number of rotatable bonds is 48. The van der Waals surface area contributed by atoms with Crippen LogP contribution in [0.3, 0.4) is 0 Å². The second kappa shape index (κ2) is 45.4. The molecular formula is C58H98O7. The molecule has 65 heavy (non-hydrogen) atoms. The molecule has 0 aliphatic rings. The molecule has 0 fully saturated rings. The van der Waals surface area contributed by atoms with Gasteiger partial charge >= 0.3 is 0 Å². The normalized spacial score (nSPS) is 13.0. The summed E-state index contributed by atoms with van der Waals surface area (Å²) in [6.07, 6.45) is 39.7. The fourth-order valence-corrected chi connectivity index (χ4v) is 7.62. The van der Waals surface area contributed by atoms with Crippen LogP contribution in [0.15, 0.2) is 85.0 Å². The highest BCUT2D eigenvalue weighted by Crippen LogP contribution is 2.17. The molecule has 0 spiro atoms. The highest BCUT2D eigenvalue weighted by atomic mass is 16.8. The number of benzene rings is 2. The Labute approximate surface area is 400 Å². The smallest absolute Gasteiger partial charge is 0.180 e. The van der Waals surface area contributed by atoms with Crippen molar-refractivity contribution >= 4 is 0 Å². The third-order valence-electron chi connectivity index (χ3n) is 11.7. The second-order valence-electron chi connectivity index (χ2n) is 17.9. The van der Waals surface area contributed by atoms with Gasteiger partial charge in [0.05, 0.1) is 13.2 Å². The van der Waals surface area contributed by atoms with E-state index in [0.717, 1.165) is 88.9 Å². The Morgan fingerprint density at radius 1 is 0.354 bits per heavy atom. The molecular weight excluding hydrogens is 809 g/mol. The molecule has 0 bridgehead atoms. The van der Waals surface area contributed by atoms with Gasteiger partial charge in [-0.25, -0.2) is 0 Å². The zero-order valence-electron chi connectivity index (χ0n) is 42.3. The Morgan fingerprint density at radius 2 is 0.646 bits per heavy atom. The zero-order chi connectivity index (χ0) is 46.4. The number of hydrogen-bond acceptors (Lipinski definition) is 7. The molecule has 2 unspecified atom stereocenters. The summed E-state index contributed by atoms with van der Waals surface area (Å²) in [5.74, 6) is 0. The van der Waals surface area contributed by atoms with Gasteiger partial charge in [-0.2, -0.15) is 0 Å². The average Bonchev–Trinajstić information content (AvgIpc) is 3.33. The summed E-state index contributed by atoms with van der Waals surface area (Å²) in [6, 6.07) is 20.5. The van der Waals surface area contributed by atoms with E-state index in [1.54, 1.807) is 0 Å². The van der Waals surface area contributed by atoms with E-state index in [1.165, 1.54) is 128 Å². The van der Waals surface area contributed by atoms with E-state index >= 15 is 0 Å². The maximum Gasteiger partial charge on any atom is 0.180 e. The molecule has 0 saturated heterocycles. The lowest BCUT2D eigenvalue weighted by Gasteiger charge is -2.22. The molecule has 2 rings (SSSR count). The molecule has 0 aromatic heterocycles. The summed E-state index contributed by atoms with van der Waals surface area (Å²) < 4.78 is 44.9. The van der Waals surface area contributed by atoms with E-state index < -0.39 is 12.6 Å². The van der Waals surface area contributed by atoms with Crippen LogP contribution in [0.25, 0.3) is 0 Å². The predicted octanol–water partition coefficient (Wildman–Crippen LogP) is 16.9. The first-order valence-electron chi connectivity index (χ1n) is 26.9. The van der Waals surface area contributed by atoms with Crippen LogP contribution < -0.4 is 0 Å². The van der Waals surface area contributed by atoms with Crippen LogP contribution in [0.2, 0.25) is 0 Å². The van der Waals surface area contributed by atoms with Gasteiger partial charge in [-0.1, -0.05) is 229 Å². The Morgan fingerprint density at radius 3 is 0.954 bits per heavy atom. The Hall–Kier alpha value is -2.36. The molecule has 7 heteroatoms. The van der Waals surface area contributed by atoms with Crippen molar-refractivity contribution < 1.29 is 33.2 Å². The van der Waals surface area contributed by atoms with Crippen molar-refractivity contribution in [2.75, 3.05) is 26.4 Å². The minimum absolute atomic E-state index is 0.214. The van der Waals surface area contributed by atoms with Gasteiger partial charge in [-0.15, -0.1) is 0 Å². The van der Waals surface area contributed by atoms with Gasteiger partial charge < -0.3 is 33.2 Å². The Kier molecular flexibility index (Phi) is 41.1. The third-order valence-corrected chi connectivity index (χ3v) is 11.7. The van der Waals surface area contributed by atoms with Gasteiger partial charge in [0.25, 0.3) is 0 Å². The second-order valence-corrected chi connectivity index (χ2v) is 17.9.